The largest absolute Gasteiger partial charge is 0.383 e. The summed E-state index contributed by atoms with van der Waals surface area (Å²) in [7, 11) is -3.26. The molecule has 1 spiro atoms. The Bertz CT molecular complexity index is 591. The smallest absolute Gasteiger partial charge is 0.181 e. The summed E-state index contributed by atoms with van der Waals surface area (Å²) in [5, 5.41) is 3.81. The Morgan fingerprint density at radius 3 is 2.63 bits per heavy atom. The lowest BCUT2D eigenvalue weighted by Gasteiger charge is -2.35. The third-order valence-corrected chi connectivity index (χ3v) is 6.58. The van der Waals surface area contributed by atoms with Gasteiger partial charge in [-0.3, -0.25) is 0 Å². The van der Waals surface area contributed by atoms with Crippen molar-refractivity contribution in [2.45, 2.75) is 37.0 Å². The van der Waals surface area contributed by atoms with E-state index in [-0.39, 0.29) is 11.2 Å². The van der Waals surface area contributed by atoms with E-state index in [2.05, 4.69) is 5.32 Å². The average molecular weight is 300 g/mol. The number of halogens is 1. The van der Waals surface area contributed by atoms with Gasteiger partial charge in [0, 0.05) is 17.0 Å². The standard InChI is InChI=1S/C14H18ClNO2S/c15-11-4-5-12-13(8-11)19(17,18)10-14(9-16-12)6-2-1-3-7-14/h4-5,8,16H,1-3,6-7,9-10H2. The second kappa shape index (κ2) is 4.67. The molecular formula is C14H18ClNO2S. The first-order valence-corrected chi connectivity index (χ1v) is 8.80. The van der Waals surface area contributed by atoms with Crippen molar-refractivity contribution < 1.29 is 8.42 Å². The number of fused-ring (bicyclic) bond motifs is 1. The van der Waals surface area contributed by atoms with Gasteiger partial charge in [-0.25, -0.2) is 8.42 Å². The number of nitrogens with one attached hydrogen (secondary N) is 1. The van der Waals surface area contributed by atoms with Crippen LogP contribution >= 0.6 is 11.6 Å². The quantitative estimate of drug-likeness (QED) is 0.797. The molecule has 1 N–H and O–H groups in total. The van der Waals surface area contributed by atoms with Crippen molar-refractivity contribution >= 4 is 27.1 Å². The van der Waals surface area contributed by atoms with Crippen LogP contribution in [-0.4, -0.2) is 20.7 Å². The van der Waals surface area contributed by atoms with E-state index in [1.807, 2.05) is 0 Å². The lowest BCUT2D eigenvalue weighted by Crippen LogP contribution is -2.36. The fourth-order valence-corrected chi connectivity index (χ4v) is 5.71. The normalized spacial score (nSPS) is 24.3. The molecule has 1 heterocycles. The molecule has 5 heteroatoms. The molecule has 104 valence electrons. The molecule has 1 aromatic carbocycles. The van der Waals surface area contributed by atoms with Crippen LogP contribution in [0.25, 0.3) is 0 Å². The Morgan fingerprint density at radius 2 is 1.89 bits per heavy atom. The number of rotatable bonds is 0. The SMILES string of the molecule is O=S1(=O)CC2(CCCCC2)CNc2ccc(Cl)cc21. The van der Waals surface area contributed by atoms with Crippen LogP contribution in [0.1, 0.15) is 32.1 Å². The highest BCUT2D eigenvalue weighted by atomic mass is 35.5. The lowest BCUT2D eigenvalue weighted by molar-refractivity contribution is 0.237. The summed E-state index contributed by atoms with van der Waals surface area (Å²) in [5.41, 5.74) is 0.606. The van der Waals surface area contributed by atoms with Crippen LogP contribution in [0.3, 0.4) is 0 Å². The van der Waals surface area contributed by atoms with Gasteiger partial charge in [0.25, 0.3) is 0 Å². The van der Waals surface area contributed by atoms with Gasteiger partial charge >= 0.3 is 0 Å². The fourth-order valence-electron chi connectivity index (χ4n) is 3.34. The van der Waals surface area contributed by atoms with Crippen molar-refractivity contribution in [3.8, 4) is 0 Å². The summed E-state index contributed by atoms with van der Waals surface area (Å²) < 4.78 is 25.2. The van der Waals surface area contributed by atoms with Crippen LogP contribution in [-0.2, 0) is 9.84 Å². The maximum atomic E-state index is 12.6. The van der Waals surface area contributed by atoms with Gasteiger partial charge in [0.15, 0.2) is 9.84 Å². The zero-order chi connectivity index (χ0) is 13.5. The van der Waals surface area contributed by atoms with E-state index in [1.54, 1.807) is 18.2 Å². The molecule has 0 atom stereocenters. The minimum atomic E-state index is -3.26. The summed E-state index contributed by atoms with van der Waals surface area (Å²) in [6.45, 7) is 0.751. The molecule has 0 bridgehead atoms. The molecule has 19 heavy (non-hydrogen) atoms. The Kier molecular flexibility index (Phi) is 3.26. The molecule has 1 aromatic rings. The third kappa shape index (κ3) is 2.48. The Hall–Kier alpha value is -0.740. The average Bonchev–Trinajstić information content (AvgIpc) is 2.47. The van der Waals surface area contributed by atoms with E-state index < -0.39 is 9.84 Å². The molecule has 0 radical (unpaired) electrons. The summed E-state index contributed by atoms with van der Waals surface area (Å²) in [5.74, 6) is 0.250. The van der Waals surface area contributed by atoms with Gasteiger partial charge in [0.05, 0.1) is 16.3 Å². The molecule has 1 saturated carbocycles. The van der Waals surface area contributed by atoms with Crippen molar-refractivity contribution in [3.63, 3.8) is 0 Å². The molecule has 0 aromatic heterocycles. The topological polar surface area (TPSA) is 46.2 Å². The first-order valence-electron chi connectivity index (χ1n) is 6.77. The first kappa shape index (κ1) is 13.3. The van der Waals surface area contributed by atoms with Gasteiger partial charge in [-0.15, -0.1) is 0 Å². The van der Waals surface area contributed by atoms with Gasteiger partial charge < -0.3 is 5.32 Å². The second-order valence-electron chi connectivity index (χ2n) is 5.81. The van der Waals surface area contributed by atoms with Gasteiger partial charge in [-0.05, 0) is 31.0 Å². The summed E-state index contributed by atoms with van der Waals surface area (Å²) in [6, 6.07) is 5.08. The minimum Gasteiger partial charge on any atom is -0.383 e. The number of sulfone groups is 1. The van der Waals surface area contributed by atoms with E-state index in [4.69, 9.17) is 11.6 Å². The highest BCUT2D eigenvalue weighted by Crippen LogP contribution is 2.42. The van der Waals surface area contributed by atoms with Crippen molar-refractivity contribution in [1.82, 2.24) is 0 Å². The Balaban J connectivity index is 2.04. The molecule has 0 amide bonds. The third-order valence-electron chi connectivity index (χ3n) is 4.34. The Labute approximate surface area is 119 Å². The van der Waals surface area contributed by atoms with Crippen molar-refractivity contribution in [3.05, 3.63) is 23.2 Å². The van der Waals surface area contributed by atoms with Crippen molar-refractivity contribution in [1.29, 1.82) is 0 Å². The van der Waals surface area contributed by atoms with Gasteiger partial charge in [-0.2, -0.15) is 0 Å². The van der Waals surface area contributed by atoms with Gasteiger partial charge in [-0.1, -0.05) is 30.9 Å². The zero-order valence-corrected chi connectivity index (χ0v) is 12.4. The molecule has 2 aliphatic rings. The van der Waals surface area contributed by atoms with Crippen LogP contribution < -0.4 is 5.32 Å². The predicted octanol–water partition coefficient (Wildman–Crippen LogP) is 3.49. The van der Waals surface area contributed by atoms with Gasteiger partial charge in [0.1, 0.15) is 0 Å². The highest BCUT2D eigenvalue weighted by Gasteiger charge is 2.40. The van der Waals surface area contributed by atoms with Gasteiger partial charge in [0.2, 0.25) is 0 Å². The van der Waals surface area contributed by atoms with Crippen LogP contribution in [0.5, 0.6) is 0 Å². The fraction of sp³-hybridized carbons (Fsp3) is 0.571. The van der Waals surface area contributed by atoms with Crippen molar-refractivity contribution in [2.75, 3.05) is 17.6 Å². The Morgan fingerprint density at radius 1 is 1.16 bits per heavy atom. The van der Waals surface area contributed by atoms with E-state index in [0.29, 0.717) is 15.6 Å². The molecule has 1 fully saturated rings. The molecule has 0 unspecified atom stereocenters. The summed E-state index contributed by atoms with van der Waals surface area (Å²) in [6.07, 6.45) is 5.49. The molecule has 3 nitrogen and oxygen atoms in total. The van der Waals surface area contributed by atoms with Crippen LogP contribution in [0.15, 0.2) is 23.1 Å². The van der Waals surface area contributed by atoms with Crippen LogP contribution in [0.4, 0.5) is 5.69 Å². The number of hydrogen-bond acceptors (Lipinski definition) is 3. The minimum absolute atomic E-state index is 0.0947. The van der Waals surface area contributed by atoms with Crippen molar-refractivity contribution in [2.24, 2.45) is 5.41 Å². The van der Waals surface area contributed by atoms with E-state index in [9.17, 15) is 8.42 Å². The first-order chi connectivity index (χ1) is 9.01. The van der Waals surface area contributed by atoms with E-state index in [1.165, 1.54) is 6.42 Å². The molecule has 0 saturated heterocycles. The number of anilines is 1. The maximum absolute atomic E-state index is 12.6. The monoisotopic (exact) mass is 299 g/mol. The predicted molar refractivity (Wildman–Crippen MR) is 77.5 cm³/mol. The van der Waals surface area contributed by atoms with E-state index >= 15 is 0 Å². The molecular weight excluding hydrogens is 282 g/mol. The molecule has 1 aliphatic carbocycles. The maximum Gasteiger partial charge on any atom is 0.181 e. The summed E-state index contributed by atoms with van der Waals surface area (Å²) >= 11 is 5.94. The number of benzene rings is 1. The van der Waals surface area contributed by atoms with Crippen LogP contribution in [0, 0.1) is 5.41 Å². The zero-order valence-electron chi connectivity index (χ0n) is 10.8. The summed E-state index contributed by atoms with van der Waals surface area (Å²) in [4.78, 5) is 0.363. The second-order valence-corrected chi connectivity index (χ2v) is 8.21. The van der Waals surface area contributed by atoms with E-state index in [0.717, 1.165) is 32.2 Å². The highest BCUT2D eigenvalue weighted by molar-refractivity contribution is 7.91. The molecule has 1 aliphatic heterocycles. The lowest BCUT2D eigenvalue weighted by atomic mass is 9.75. The van der Waals surface area contributed by atoms with Crippen LogP contribution in [0.2, 0.25) is 5.02 Å². The number of hydrogen-bond donors (Lipinski definition) is 1. The molecule has 3 rings (SSSR count).